The molecule has 3 N–H and O–H groups in total. The molecular weight excluding hydrogens is 257 g/mol. The van der Waals surface area contributed by atoms with Crippen LogP contribution in [0.3, 0.4) is 0 Å². The number of aromatic amines is 1. The molecule has 0 aliphatic carbocycles. The highest BCUT2D eigenvalue weighted by Gasteiger charge is 2.07. The van der Waals surface area contributed by atoms with Gasteiger partial charge < -0.3 is 5.73 Å². The fraction of sp³-hybridized carbons (Fsp3) is 0.200. The number of aromatic nitrogens is 2. The summed E-state index contributed by atoms with van der Waals surface area (Å²) in [6.07, 6.45) is 3.93. The quantitative estimate of drug-likeness (QED) is 0.839. The molecule has 0 amide bonds. The van der Waals surface area contributed by atoms with Gasteiger partial charge in [-0.3, -0.25) is 4.79 Å². The largest absolute Gasteiger partial charge is 0.400 e. The lowest BCUT2D eigenvalue weighted by atomic mass is 10.0. The third kappa shape index (κ3) is 2.93. The van der Waals surface area contributed by atoms with Crippen LogP contribution in [0.15, 0.2) is 52.5 Å². The molecule has 1 aromatic heterocycles. The summed E-state index contributed by atoms with van der Waals surface area (Å²) in [6, 6.07) is 7.26. The SMILES string of the molecule is C/C=C(\C=C(\N)CF)Cc1n[nH]c(=O)c2ccccc12. The number of rotatable bonds is 4. The van der Waals surface area contributed by atoms with Crippen LogP contribution in [0.1, 0.15) is 12.6 Å². The number of halogens is 1. The fourth-order valence-corrected chi connectivity index (χ4v) is 2.01. The molecule has 0 radical (unpaired) electrons. The van der Waals surface area contributed by atoms with Gasteiger partial charge in [0, 0.05) is 17.5 Å². The Bertz CT molecular complexity index is 731. The third-order valence-electron chi connectivity index (χ3n) is 3.04. The van der Waals surface area contributed by atoms with Crippen molar-refractivity contribution < 1.29 is 4.39 Å². The van der Waals surface area contributed by atoms with Gasteiger partial charge in [-0.2, -0.15) is 5.10 Å². The lowest BCUT2D eigenvalue weighted by Gasteiger charge is -2.06. The maximum Gasteiger partial charge on any atom is 0.272 e. The molecule has 0 spiro atoms. The number of nitrogens with zero attached hydrogens (tertiary/aromatic N) is 1. The van der Waals surface area contributed by atoms with Crippen LogP contribution in [0.4, 0.5) is 4.39 Å². The van der Waals surface area contributed by atoms with E-state index in [1.54, 1.807) is 18.2 Å². The van der Waals surface area contributed by atoms with Gasteiger partial charge >= 0.3 is 0 Å². The Morgan fingerprint density at radius 2 is 2.10 bits per heavy atom. The lowest BCUT2D eigenvalue weighted by molar-refractivity contribution is 0.539. The van der Waals surface area contributed by atoms with E-state index in [0.29, 0.717) is 11.8 Å². The number of allylic oxidation sites excluding steroid dienone is 4. The monoisotopic (exact) mass is 273 g/mol. The molecule has 0 aliphatic rings. The summed E-state index contributed by atoms with van der Waals surface area (Å²) >= 11 is 0. The van der Waals surface area contributed by atoms with Gasteiger partial charge in [0.05, 0.1) is 11.1 Å². The molecule has 0 saturated heterocycles. The number of alkyl halides is 1. The maximum absolute atomic E-state index is 12.4. The first-order chi connectivity index (χ1) is 9.65. The average molecular weight is 273 g/mol. The molecule has 2 rings (SSSR count). The molecule has 104 valence electrons. The number of fused-ring (bicyclic) bond motifs is 1. The Morgan fingerprint density at radius 1 is 1.40 bits per heavy atom. The van der Waals surface area contributed by atoms with E-state index in [-0.39, 0.29) is 11.3 Å². The Hall–Kier alpha value is -2.43. The molecule has 0 unspecified atom stereocenters. The van der Waals surface area contributed by atoms with Crippen LogP contribution in [-0.2, 0) is 6.42 Å². The van der Waals surface area contributed by atoms with Gasteiger partial charge in [0.15, 0.2) is 0 Å². The molecule has 4 nitrogen and oxygen atoms in total. The molecule has 20 heavy (non-hydrogen) atoms. The van der Waals surface area contributed by atoms with Crippen LogP contribution in [0.25, 0.3) is 10.8 Å². The standard InChI is InChI=1S/C15H16FN3O/c1-2-10(7-11(17)9-16)8-14-12-5-3-4-6-13(12)15(20)19-18-14/h2-7H,8-9,17H2,1H3,(H,19,20)/b10-2+,11-7+. The number of H-pyrrole nitrogens is 1. The molecule has 1 heterocycles. The second-order valence-electron chi connectivity index (χ2n) is 4.44. The summed E-state index contributed by atoms with van der Waals surface area (Å²) in [5, 5.41) is 7.95. The van der Waals surface area contributed by atoms with E-state index in [0.717, 1.165) is 16.7 Å². The van der Waals surface area contributed by atoms with Crippen molar-refractivity contribution >= 4 is 10.8 Å². The molecular formula is C15H16FN3O. The van der Waals surface area contributed by atoms with E-state index in [2.05, 4.69) is 10.2 Å². The minimum atomic E-state index is -0.683. The Kier molecular flexibility index (Phi) is 4.30. The summed E-state index contributed by atoms with van der Waals surface area (Å²) in [5.74, 6) is 0. The smallest absolute Gasteiger partial charge is 0.272 e. The maximum atomic E-state index is 12.4. The van der Waals surface area contributed by atoms with Crippen molar-refractivity contribution in [2.45, 2.75) is 13.3 Å². The number of nitrogens with one attached hydrogen (secondary N) is 1. The molecule has 0 fully saturated rings. The first kappa shape index (κ1) is 14.0. The van der Waals surface area contributed by atoms with Crippen molar-refractivity contribution in [2.24, 2.45) is 5.73 Å². The van der Waals surface area contributed by atoms with E-state index in [9.17, 15) is 9.18 Å². The zero-order valence-electron chi connectivity index (χ0n) is 11.2. The van der Waals surface area contributed by atoms with Crippen molar-refractivity contribution in [3.05, 3.63) is 63.7 Å². The van der Waals surface area contributed by atoms with Crippen LogP contribution in [0.5, 0.6) is 0 Å². The van der Waals surface area contributed by atoms with Crippen molar-refractivity contribution in [3.8, 4) is 0 Å². The first-order valence-electron chi connectivity index (χ1n) is 6.29. The van der Waals surface area contributed by atoms with Crippen molar-refractivity contribution in [1.82, 2.24) is 10.2 Å². The average Bonchev–Trinajstić information content (AvgIpc) is 2.49. The first-order valence-corrected chi connectivity index (χ1v) is 6.29. The van der Waals surface area contributed by atoms with E-state index >= 15 is 0 Å². The Morgan fingerprint density at radius 3 is 2.75 bits per heavy atom. The fourth-order valence-electron chi connectivity index (χ4n) is 2.01. The van der Waals surface area contributed by atoms with Crippen LogP contribution >= 0.6 is 0 Å². The van der Waals surface area contributed by atoms with Gasteiger partial charge in [-0.15, -0.1) is 0 Å². The number of nitrogens with two attached hydrogens (primary N) is 1. The second kappa shape index (κ2) is 6.14. The van der Waals surface area contributed by atoms with Crippen molar-refractivity contribution in [2.75, 3.05) is 6.67 Å². The minimum Gasteiger partial charge on any atom is -0.400 e. The molecule has 0 saturated carbocycles. The van der Waals surface area contributed by atoms with E-state index in [1.807, 2.05) is 25.1 Å². The van der Waals surface area contributed by atoms with E-state index in [1.165, 1.54) is 0 Å². The number of hydrogen-bond acceptors (Lipinski definition) is 3. The highest BCUT2D eigenvalue weighted by Crippen LogP contribution is 2.16. The molecule has 0 bridgehead atoms. The third-order valence-corrected chi connectivity index (χ3v) is 3.04. The van der Waals surface area contributed by atoms with E-state index in [4.69, 9.17) is 5.73 Å². The van der Waals surface area contributed by atoms with Crippen LogP contribution < -0.4 is 11.3 Å². The van der Waals surface area contributed by atoms with Gasteiger partial charge in [0.25, 0.3) is 5.56 Å². The summed E-state index contributed by atoms with van der Waals surface area (Å²) in [4.78, 5) is 11.7. The number of benzene rings is 1. The van der Waals surface area contributed by atoms with Gasteiger partial charge in [0.1, 0.15) is 6.67 Å². The van der Waals surface area contributed by atoms with Crippen molar-refractivity contribution in [3.63, 3.8) is 0 Å². The van der Waals surface area contributed by atoms with Crippen LogP contribution in [-0.4, -0.2) is 16.9 Å². The summed E-state index contributed by atoms with van der Waals surface area (Å²) in [6.45, 7) is 1.17. The predicted octanol–water partition coefficient (Wildman–Crippen LogP) is 2.22. The van der Waals surface area contributed by atoms with Gasteiger partial charge in [-0.05, 0) is 24.6 Å². The Labute approximate surface area is 115 Å². The highest BCUT2D eigenvalue weighted by atomic mass is 19.1. The molecule has 0 aliphatic heterocycles. The summed E-state index contributed by atoms with van der Waals surface area (Å²) in [5.41, 5.74) is 7.05. The highest BCUT2D eigenvalue weighted by molar-refractivity contribution is 5.83. The van der Waals surface area contributed by atoms with Crippen LogP contribution in [0.2, 0.25) is 0 Å². The normalized spacial score (nSPS) is 12.9. The Balaban J connectivity index is 2.44. The van der Waals surface area contributed by atoms with Gasteiger partial charge in [-0.25, -0.2) is 9.49 Å². The molecule has 1 aromatic carbocycles. The molecule has 2 aromatic rings. The second-order valence-corrected chi connectivity index (χ2v) is 4.44. The number of hydrogen-bond donors (Lipinski definition) is 2. The summed E-state index contributed by atoms with van der Waals surface area (Å²) < 4.78 is 12.4. The topological polar surface area (TPSA) is 71.8 Å². The zero-order valence-corrected chi connectivity index (χ0v) is 11.2. The lowest BCUT2D eigenvalue weighted by Crippen LogP contribution is -2.11. The molecule has 5 heteroatoms. The summed E-state index contributed by atoms with van der Waals surface area (Å²) in [7, 11) is 0. The zero-order chi connectivity index (χ0) is 14.5. The van der Waals surface area contributed by atoms with Crippen LogP contribution in [0, 0.1) is 0 Å². The molecule has 0 atom stereocenters. The van der Waals surface area contributed by atoms with Gasteiger partial charge in [-0.1, -0.05) is 24.3 Å². The van der Waals surface area contributed by atoms with Crippen molar-refractivity contribution in [1.29, 1.82) is 0 Å². The predicted molar refractivity (Wildman–Crippen MR) is 78.1 cm³/mol. The minimum absolute atomic E-state index is 0.173. The van der Waals surface area contributed by atoms with E-state index < -0.39 is 6.67 Å². The van der Waals surface area contributed by atoms with Gasteiger partial charge in [0.2, 0.25) is 0 Å².